The highest BCUT2D eigenvalue weighted by molar-refractivity contribution is 5.90. The Hall–Kier alpha value is -1.43. The van der Waals surface area contributed by atoms with Crippen LogP contribution in [0.1, 0.15) is 60.8 Å². The van der Waals surface area contributed by atoms with Crippen LogP contribution in [0.3, 0.4) is 0 Å². The predicted molar refractivity (Wildman–Crippen MR) is 95.9 cm³/mol. The van der Waals surface area contributed by atoms with E-state index in [1.165, 1.54) is 0 Å². The first-order chi connectivity index (χ1) is 11.1. The third kappa shape index (κ3) is 9.65. The average Bonchev–Trinajstić information content (AvgIpc) is 2.43. The van der Waals surface area contributed by atoms with E-state index in [2.05, 4.69) is 10.6 Å². The Kier molecular flexibility index (Phi) is 10.5. The molecule has 0 aliphatic heterocycles. The van der Waals surface area contributed by atoms with E-state index < -0.39 is 18.1 Å². The molecule has 1 radical (unpaired) electrons. The first-order valence-electron chi connectivity index (χ1n) is 8.80. The maximum absolute atomic E-state index is 12.5. The summed E-state index contributed by atoms with van der Waals surface area (Å²) in [6, 6.07) is -2.00. The molecule has 0 heterocycles. The quantitative estimate of drug-likeness (QED) is 0.531. The molecule has 0 bridgehead atoms. The highest BCUT2D eigenvalue weighted by atomic mass is 16.2. The average molecular weight is 340 g/mol. The van der Waals surface area contributed by atoms with Gasteiger partial charge >= 0.3 is 0 Å². The molecule has 0 aromatic heterocycles. The van der Waals surface area contributed by atoms with Crippen LogP contribution in [0.15, 0.2) is 0 Å². The molecule has 0 aliphatic carbocycles. The molecular formula is C18H34N3O3. The van der Waals surface area contributed by atoms with E-state index in [1.54, 1.807) is 0 Å². The smallest absolute Gasteiger partial charge is 0.243 e. The van der Waals surface area contributed by atoms with Crippen LogP contribution in [-0.4, -0.2) is 36.2 Å². The van der Waals surface area contributed by atoms with E-state index in [9.17, 15) is 14.4 Å². The van der Waals surface area contributed by atoms with Gasteiger partial charge in [0.25, 0.3) is 0 Å². The van der Waals surface area contributed by atoms with Crippen molar-refractivity contribution in [1.29, 1.82) is 0 Å². The van der Waals surface area contributed by atoms with Crippen LogP contribution in [-0.2, 0) is 14.4 Å². The van der Waals surface area contributed by atoms with Crippen LogP contribution in [0.5, 0.6) is 0 Å². The summed E-state index contributed by atoms with van der Waals surface area (Å²) in [5.74, 6) is 0.0755. The molecule has 139 valence electrons. The van der Waals surface area contributed by atoms with Gasteiger partial charge in [-0.3, -0.25) is 14.4 Å². The lowest BCUT2D eigenvalue weighted by Gasteiger charge is -2.24. The van der Waals surface area contributed by atoms with Gasteiger partial charge in [-0.2, -0.15) is 0 Å². The minimum Gasteiger partial charge on any atom is -0.344 e. The fourth-order valence-electron chi connectivity index (χ4n) is 2.48. The monoisotopic (exact) mass is 340 g/mol. The zero-order valence-corrected chi connectivity index (χ0v) is 15.9. The van der Waals surface area contributed by atoms with Crippen LogP contribution in [0.2, 0.25) is 0 Å². The SMILES string of the molecule is CC(C)C[C@@H]([C]=O)NC(=O)[C@H](CC(C)C)NC(=O)[C@@H](N)CC(C)C. The number of amides is 2. The van der Waals surface area contributed by atoms with Gasteiger partial charge in [-0.1, -0.05) is 41.5 Å². The van der Waals surface area contributed by atoms with Crippen molar-refractivity contribution in [2.75, 3.05) is 0 Å². The van der Waals surface area contributed by atoms with E-state index >= 15 is 0 Å². The summed E-state index contributed by atoms with van der Waals surface area (Å²) in [7, 11) is 0. The van der Waals surface area contributed by atoms with Gasteiger partial charge in [-0.15, -0.1) is 0 Å². The van der Waals surface area contributed by atoms with Crippen LogP contribution >= 0.6 is 0 Å². The van der Waals surface area contributed by atoms with Gasteiger partial charge in [0.15, 0.2) is 0 Å². The van der Waals surface area contributed by atoms with Crippen LogP contribution in [0, 0.1) is 17.8 Å². The van der Waals surface area contributed by atoms with Crippen molar-refractivity contribution < 1.29 is 14.4 Å². The van der Waals surface area contributed by atoms with Crippen molar-refractivity contribution in [3.05, 3.63) is 0 Å². The number of hydrogen-bond acceptors (Lipinski definition) is 4. The maximum Gasteiger partial charge on any atom is 0.243 e. The molecule has 0 aliphatic rings. The van der Waals surface area contributed by atoms with Gasteiger partial charge in [0.1, 0.15) is 6.04 Å². The topological polar surface area (TPSA) is 101 Å². The van der Waals surface area contributed by atoms with Gasteiger partial charge in [-0.25, -0.2) is 0 Å². The van der Waals surface area contributed by atoms with Gasteiger partial charge in [0, 0.05) is 0 Å². The third-order valence-corrected chi connectivity index (χ3v) is 3.57. The van der Waals surface area contributed by atoms with Gasteiger partial charge in [-0.05, 0) is 37.0 Å². The number of hydrogen-bond donors (Lipinski definition) is 3. The molecule has 2 amide bonds. The maximum atomic E-state index is 12.5. The van der Waals surface area contributed by atoms with Crippen molar-refractivity contribution in [3.8, 4) is 0 Å². The Morgan fingerprint density at radius 2 is 1.33 bits per heavy atom. The Morgan fingerprint density at radius 3 is 1.75 bits per heavy atom. The summed E-state index contributed by atoms with van der Waals surface area (Å²) >= 11 is 0. The summed E-state index contributed by atoms with van der Waals surface area (Å²) in [5, 5.41) is 5.40. The molecule has 0 saturated carbocycles. The van der Waals surface area contributed by atoms with E-state index in [-0.39, 0.29) is 23.7 Å². The zero-order valence-electron chi connectivity index (χ0n) is 15.9. The number of carbonyl (C=O) groups excluding carboxylic acids is 3. The number of rotatable bonds is 11. The first-order valence-corrected chi connectivity index (χ1v) is 8.80. The first kappa shape index (κ1) is 22.6. The number of nitrogens with one attached hydrogen (secondary N) is 2. The van der Waals surface area contributed by atoms with Crippen LogP contribution < -0.4 is 16.4 Å². The molecule has 4 N–H and O–H groups in total. The van der Waals surface area contributed by atoms with Gasteiger partial charge in [0.05, 0.1) is 12.1 Å². The van der Waals surface area contributed by atoms with E-state index in [0.29, 0.717) is 25.2 Å². The molecule has 0 saturated heterocycles. The molecule has 24 heavy (non-hydrogen) atoms. The number of nitrogens with two attached hydrogens (primary N) is 1. The van der Waals surface area contributed by atoms with Crippen LogP contribution in [0.25, 0.3) is 0 Å². The highest BCUT2D eigenvalue weighted by Crippen LogP contribution is 2.09. The lowest BCUT2D eigenvalue weighted by molar-refractivity contribution is -0.130. The fraction of sp³-hybridized carbons (Fsp3) is 0.833. The molecule has 0 unspecified atom stereocenters. The normalized spacial score (nSPS) is 15.2. The summed E-state index contributed by atoms with van der Waals surface area (Å²) in [5.41, 5.74) is 5.88. The van der Waals surface area contributed by atoms with E-state index in [1.807, 2.05) is 47.8 Å². The molecular weight excluding hydrogens is 306 g/mol. The summed E-state index contributed by atoms with van der Waals surface area (Å²) in [6.07, 6.45) is 3.41. The largest absolute Gasteiger partial charge is 0.344 e. The third-order valence-electron chi connectivity index (χ3n) is 3.57. The zero-order chi connectivity index (χ0) is 18.9. The Morgan fingerprint density at radius 1 is 0.833 bits per heavy atom. The Bertz CT molecular complexity index is 408. The standard InChI is InChI=1S/C18H34N3O3/c1-11(2)7-14(10-22)20-18(24)16(9-13(5)6)21-17(23)15(19)8-12(3)4/h11-16H,7-9,19H2,1-6H3,(H,20,24)(H,21,23)/t14-,15-,16-/m0/s1. The van der Waals surface area contributed by atoms with E-state index in [4.69, 9.17) is 5.73 Å². The molecule has 3 atom stereocenters. The van der Waals surface area contributed by atoms with Crippen molar-refractivity contribution in [1.82, 2.24) is 10.6 Å². The lowest BCUT2D eigenvalue weighted by Crippen LogP contribution is -2.54. The van der Waals surface area contributed by atoms with Crippen molar-refractivity contribution in [2.45, 2.75) is 78.9 Å². The molecule has 6 heteroatoms. The molecule has 6 nitrogen and oxygen atoms in total. The van der Waals surface area contributed by atoms with Crippen molar-refractivity contribution in [2.24, 2.45) is 23.5 Å². The Balaban J connectivity index is 4.88. The summed E-state index contributed by atoms with van der Waals surface area (Å²) in [4.78, 5) is 35.7. The van der Waals surface area contributed by atoms with Gasteiger partial charge < -0.3 is 16.4 Å². The number of carbonyl (C=O) groups is 2. The van der Waals surface area contributed by atoms with Crippen LogP contribution in [0.4, 0.5) is 0 Å². The second-order valence-electron chi connectivity index (χ2n) is 7.74. The molecule has 0 spiro atoms. The second kappa shape index (κ2) is 11.2. The van der Waals surface area contributed by atoms with E-state index in [0.717, 1.165) is 0 Å². The highest BCUT2D eigenvalue weighted by Gasteiger charge is 2.26. The summed E-state index contributed by atoms with van der Waals surface area (Å²) < 4.78 is 0. The minimum atomic E-state index is -0.696. The summed E-state index contributed by atoms with van der Waals surface area (Å²) in [6.45, 7) is 11.9. The predicted octanol–water partition coefficient (Wildman–Crippen LogP) is 1.53. The fourth-order valence-corrected chi connectivity index (χ4v) is 2.48. The molecule has 0 rings (SSSR count). The van der Waals surface area contributed by atoms with Gasteiger partial charge in [0.2, 0.25) is 18.1 Å². The Labute approximate surface area is 146 Å². The molecule has 0 aromatic carbocycles. The van der Waals surface area contributed by atoms with Crippen molar-refractivity contribution >= 4 is 18.1 Å². The second-order valence-corrected chi connectivity index (χ2v) is 7.74. The van der Waals surface area contributed by atoms with Crippen molar-refractivity contribution in [3.63, 3.8) is 0 Å². The lowest BCUT2D eigenvalue weighted by atomic mass is 9.99. The molecule has 0 aromatic rings. The molecule has 0 fully saturated rings. The minimum absolute atomic E-state index is 0.214.